The number of methoxy groups -OCH3 is 2. The fraction of sp³-hybridized carbons (Fsp3) is 0.394. The van der Waals surface area contributed by atoms with Gasteiger partial charge in [0.1, 0.15) is 11.5 Å². The minimum atomic E-state index is 0.281. The van der Waals surface area contributed by atoms with Crippen LogP contribution in [0.15, 0.2) is 83.8 Å². The zero-order chi connectivity index (χ0) is 26.3. The van der Waals surface area contributed by atoms with Gasteiger partial charge >= 0.3 is 0 Å². The van der Waals surface area contributed by atoms with Gasteiger partial charge in [0, 0.05) is 46.4 Å². The topological polar surface area (TPSA) is 70.3 Å². The molecular weight excluding hydrogens is 484 g/mol. The van der Waals surface area contributed by atoms with Crippen LogP contribution >= 0.6 is 0 Å². The first-order valence-corrected chi connectivity index (χ1v) is 14.4. The smallest absolute Gasteiger partial charge is 0.120 e. The summed E-state index contributed by atoms with van der Waals surface area (Å²) in [5, 5.41) is 13.0. The molecule has 0 radical (unpaired) electrons. The molecule has 4 N–H and O–H groups in total. The van der Waals surface area contributed by atoms with Crippen molar-refractivity contribution in [2.45, 2.75) is 49.7 Å². The molecule has 7 rings (SSSR count). The van der Waals surface area contributed by atoms with Gasteiger partial charge in [-0.25, -0.2) is 0 Å². The van der Waals surface area contributed by atoms with Crippen LogP contribution in [0.4, 0.5) is 0 Å². The number of H-pyrrole nitrogens is 1. The number of rotatable bonds is 7. The number of aromatic amines is 1. The number of hydrogen-bond donors (Lipinski definition) is 4. The van der Waals surface area contributed by atoms with Crippen LogP contribution in [0.1, 0.15) is 48.0 Å². The molecule has 0 spiro atoms. The third kappa shape index (κ3) is 4.46. The molecule has 0 fully saturated rings. The molecule has 3 aliphatic heterocycles. The van der Waals surface area contributed by atoms with E-state index in [1.807, 2.05) is 0 Å². The Morgan fingerprint density at radius 2 is 1.74 bits per heavy atom. The van der Waals surface area contributed by atoms with E-state index in [4.69, 9.17) is 9.47 Å². The monoisotopic (exact) mass is 522 g/mol. The van der Waals surface area contributed by atoms with Crippen molar-refractivity contribution in [2.24, 2.45) is 5.92 Å². The normalized spacial score (nSPS) is 26.4. The van der Waals surface area contributed by atoms with Crippen LogP contribution in [0, 0.1) is 5.92 Å². The van der Waals surface area contributed by atoms with E-state index in [1.54, 1.807) is 19.8 Å². The molecule has 39 heavy (non-hydrogen) atoms. The van der Waals surface area contributed by atoms with Gasteiger partial charge in [-0.1, -0.05) is 36.4 Å². The van der Waals surface area contributed by atoms with E-state index in [0.717, 1.165) is 50.3 Å². The fourth-order valence-corrected chi connectivity index (χ4v) is 7.30. The lowest BCUT2D eigenvalue weighted by Crippen LogP contribution is -2.41. The maximum atomic E-state index is 5.53. The highest BCUT2D eigenvalue weighted by molar-refractivity contribution is 5.86. The summed E-state index contributed by atoms with van der Waals surface area (Å²) in [6, 6.07) is 18.4. The summed E-state index contributed by atoms with van der Waals surface area (Å²) in [5.74, 6) is 2.69. The number of benzene rings is 2. The Morgan fingerprint density at radius 3 is 2.59 bits per heavy atom. The molecule has 1 aromatic heterocycles. The van der Waals surface area contributed by atoms with Gasteiger partial charge in [0.15, 0.2) is 0 Å². The van der Waals surface area contributed by atoms with Crippen LogP contribution < -0.4 is 20.7 Å². The van der Waals surface area contributed by atoms with Gasteiger partial charge in [-0.15, -0.1) is 0 Å². The van der Waals surface area contributed by atoms with Crippen molar-refractivity contribution in [3.63, 3.8) is 0 Å². The van der Waals surface area contributed by atoms with Gasteiger partial charge in [-0.3, -0.25) is 0 Å². The molecule has 2 aromatic carbocycles. The predicted molar refractivity (Wildman–Crippen MR) is 156 cm³/mol. The van der Waals surface area contributed by atoms with Gasteiger partial charge in [0.05, 0.1) is 20.3 Å². The second-order valence-electron chi connectivity index (χ2n) is 11.3. The molecule has 6 heteroatoms. The second kappa shape index (κ2) is 10.2. The van der Waals surface area contributed by atoms with Gasteiger partial charge in [0.25, 0.3) is 0 Å². The van der Waals surface area contributed by atoms with E-state index >= 15 is 0 Å². The SMILES string of the molecule is COC1=CC2NC3=C(CCNC3CC(CC3NCCc4c3[nH]c3cc(OC)ccc43)c3ccccc3)C2C=C1. The Kier molecular flexibility index (Phi) is 6.45. The lowest BCUT2D eigenvalue weighted by Gasteiger charge is -2.33. The van der Waals surface area contributed by atoms with E-state index in [2.05, 4.69) is 87.7 Å². The Morgan fingerprint density at radius 1 is 0.923 bits per heavy atom. The number of nitrogens with one attached hydrogen (secondary N) is 4. The lowest BCUT2D eigenvalue weighted by atomic mass is 9.81. The highest BCUT2D eigenvalue weighted by Crippen LogP contribution is 2.42. The molecule has 5 atom stereocenters. The van der Waals surface area contributed by atoms with Crippen LogP contribution in [-0.2, 0) is 11.2 Å². The van der Waals surface area contributed by atoms with E-state index in [9.17, 15) is 0 Å². The number of fused-ring (bicyclic) bond motifs is 5. The molecule has 5 unspecified atom stereocenters. The molecule has 0 saturated carbocycles. The summed E-state index contributed by atoms with van der Waals surface area (Å²) in [6.07, 6.45) is 10.9. The van der Waals surface area contributed by atoms with Crippen LogP contribution in [0.5, 0.6) is 5.75 Å². The first-order valence-electron chi connectivity index (χ1n) is 14.4. The summed E-state index contributed by atoms with van der Waals surface area (Å²) >= 11 is 0. The van der Waals surface area contributed by atoms with E-state index < -0.39 is 0 Å². The summed E-state index contributed by atoms with van der Waals surface area (Å²) in [4.78, 5) is 3.78. The summed E-state index contributed by atoms with van der Waals surface area (Å²) in [7, 11) is 3.48. The van der Waals surface area contributed by atoms with Crippen LogP contribution in [0.3, 0.4) is 0 Å². The largest absolute Gasteiger partial charge is 0.497 e. The summed E-state index contributed by atoms with van der Waals surface area (Å²) < 4.78 is 11.0. The third-order valence-corrected chi connectivity index (χ3v) is 9.21. The molecule has 4 heterocycles. The first-order chi connectivity index (χ1) is 19.2. The molecule has 0 bridgehead atoms. The van der Waals surface area contributed by atoms with Crippen molar-refractivity contribution in [2.75, 3.05) is 27.3 Å². The van der Waals surface area contributed by atoms with Crippen molar-refractivity contribution in [3.8, 4) is 5.75 Å². The van der Waals surface area contributed by atoms with Gasteiger partial charge in [-0.05, 0) is 85.7 Å². The third-order valence-electron chi connectivity index (χ3n) is 9.21. The van der Waals surface area contributed by atoms with Crippen LogP contribution in [0.25, 0.3) is 10.9 Å². The molecule has 3 aromatic rings. The zero-order valence-electron chi connectivity index (χ0n) is 22.8. The van der Waals surface area contributed by atoms with Crippen LogP contribution in [0.2, 0.25) is 0 Å². The first kappa shape index (κ1) is 24.6. The zero-order valence-corrected chi connectivity index (χ0v) is 22.8. The maximum absolute atomic E-state index is 5.53. The highest BCUT2D eigenvalue weighted by atomic mass is 16.5. The molecule has 202 valence electrons. The van der Waals surface area contributed by atoms with Gasteiger partial charge in [0.2, 0.25) is 0 Å². The van der Waals surface area contributed by atoms with Crippen molar-refractivity contribution >= 4 is 10.9 Å². The average molecular weight is 523 g/mol. The minimum absolute atomic E-state index is 0.281. The highest BCUT2D eigenvalue weighted by Gasteiger charge is 2.39. The minimum Gasteiger partial charge on any atom is -0.497 e. The number of aromatic nitrogens is 1. The molecular formula is C33H38N4O2. The Bertz CT molecular complexity index is 1450. The lowest BCUT2D eigenvalue weighted by molar-refractivity contribution is 0.299. The van der Waals surface area contributed by atoms with E-state index in [-0.39, 0.29) is 6.04 Å². The number of ether oxygens (including phenoxy) is 2. The van der Waals surface area contributed by atoms with Gasteiger partial charge in [-0.2, -0.15) is 0 Å². The standard InChI is InChI=1S/C33H38N4O2/c1-38-22-8-10-24-26-12-14-34-30(32(26)36-28(24)18-22)16-21(20-6-4-3-5-7-20)17-31-33-27(13-15-35-31)25-11-9-23(39-2)19-29(25)37-33/h3-11,18-19,21,24,28,30-31,34-37H,12-17H2,1-2H3. The maximum Gasteiger partial charge on any atom is 0.120 e. The number of hydrogen-bond acceptors (Lipinski definition) is 5. The average Bonchev–Trinajstić information content (AvgIpc) is 3.55. The van der Waals surface area contributed by atoms with Crippen molar-refractivity contribution in [3.05, 3.63) is 101 Å². The van der Waals surface area contributed by atoms with Gasteiger partial charge < -0.3 is 30.4 Å². The molecule has 4 aliphatic rings. The van der Waals surface area contributed by atoms with Crippen molar-refractivity contribution in [1.82, 2.24) is 20.9 Å². The number of allylic oxidation sites excluding steroid dienone is 1. The van der Waals surface area contributed by atoms with E-state index in [0.29, 0.717) is 23.9 Å². The second-order valence-corrected chi connectivity index (χ2v) is 11.3. The molecule has 6 nitrogen and oxygen atoms in total. The molecule has 1 aliphatic carbocycles. The Labute approximate surface area is 230 Å². The van der Waals surface area contributed by atoms with E-state index in [1.165, 1.54) is 33.4 Å². The molecule has 0 saturated heterocycles. The summed E-state index contributed by atoms with van der Waals surface area (Å²) in [5.41, 5.74) is 8.36. The van der Waals surface area contributed by atoms with Crippen molar-refractivity contribution < 1.29 is 9.47 Å². The summed E-state index contributed by atoms with van der Waals surface area (Å²) in [6.45, 7) is 2.03. The molecule has 0 amide bonds. The fourth-order valence-electron chi connectivity index (χ4n) is 7.30. The Hall–Kier alpha value is -3.48. The quantitative estimate of drug-likeness (QED) is 0.342. The van der Waals surface area contributed by atoms with Crippen molar-refractivity contribution in [1.29, 1.82) is 0 Å². The predicted octanol–water partition coefficient (Wildman–Crippen LogP) is 5.23. The van der Waals surface area contributed by atoms with Crippen LogP contribution in [-0.4, -0.2) is 44.4 Å². The Balaban J connectivity index is 1.18.